The highest BCUT2D eigenvalue weighted by Gasteiger charge is 2.21. The van der Waals surface area contributed by atoms with E-state index in [1.807, 2.05) is 72.5 Å². The maximum absolute atomic E-state index is 13.2. The summed E-state index contributed by atoms with van der Waals surface area (Å²) in [7, 11) is 0. The van der Waals surface area contributed by atoms with Crippen LogP contribution in [0, 0.1) is 0 Å². The molecule has 0 saturated carbocycles. The number of carbonyl (C=O) groups is 1. The van der Waals surface area contributed by atoms with Gasteiger partial charge in [0.2, 0.25) is 0 Å². The molecule has 1 aliphatic rings. The predicted molar refractivity (Wildman–Crippen MR) is 102 cm³/mol. The Morgan fingerprint density at radius 3 is 2.62 bits per heavy atom. The number of hydrogen-bond donors (Lipinski definition) is 0. The van der Waals surface area contributed by atoms with Crippen LogP contribution >= 0.6 is 0 Å². The van der Waals surface area contributed by atoms with Crippen LogP contribution in [0.1, 0.15) is 22.8 Å². The molecule has 0 aliphatic carbocycles. The van der Waals surface area contributed by atoms with E-state index in [-0.39, 0.29) is 5.91 Å². The van der Waals surface area contributed by atoms with Crippen LogP contribution in [0.5, 0.6) is 11.5 Å². The molecule has 0 bridgehead atoms. The zero-order chi connectivity index (χ0) is 17.9. The third-order valence-electron chi connectivity index (χ3n) is 4.70. The van der Waals surface area contributed by atoms with E-state index in [1.54, 1.807) is 0 Å². The van der Waals surface area contributed by atoms with Crippen molar-refractivity contribution < 1.29 is 14.3 Å². The molecule has 0 fully saturated rings. The highest BCUT2D eigenvalue weighted by molar-refractivity contribution is 6.07. The molecule has 0 atom stereocenters. The molecule has 4 nitrogen and oxygen atoms in total. The Labute approximate surface area is 153 Å². The summed E-state index contributed by atoms with van der Waals surface area (Å²) in [5.41, 5.74) is 1.70. The summed E-state index contributed by atoms with van der Waals surface area (Å²) < 4.78 is 11.4. The Balaban J connectivity index is 1.66. The van der Waals surface area contributed by atoms with Gasteiger partial charge in [-0.2, -0.15) is 0 Å². The Morgan fingerprint density at radius 2 is 1.73 bits per heavy atom. The molecular weight excluding hydrogens is 326 g/mol. The van der Waals surface area contributed by atoms with Crippen molar-refractivity contribution in [3.63, 3.8) is 0 Å². The smallest absolute Gasteiger partial charge is 0.254 e. The number of nitrogens with zero attached hydrogens (tertiary/aromatic N) is 1. The van der Waals surface area contributed by atoms with Gasteiger partial charge in [-0.1, -0.05) is 48.5 Å². The standard InChI is InChI=1S/C22H21NO3/c1-2-23(15-17-9-6-12-20-21(17)26-14-13-25-20)22(24)19-11-5-8-16-7-3-4-10-18(16)19/h3-12H,2,13-15H2,1H3. The Hall–Kier alpha value is -3.01. The first kappa shape index (κ1) is 16.5. The van der Waals surface area contributed by atoms with Crippen molar-refractivity contribution >= 4 is 16.7 Å². The Morgan fingerprint density at radius 1 is 0.962 bits per heavy atom. The summed E-state index contributed by atoms with van der Waals surface area (Å²) in [6.45, 7) is 4.20. The minimum Gasteiger partial charge on any atom is -0.486 e. The number of benzene rings is 3. The van der Waals surface area contributed by atoms with Crippen LogP contribution in [-0.4, -0.2) is 30.6 Å². The highest BCUT2D eigenvalue weighted by atomic mass is 16.6. The Bertz CT molecular complexity index is 946. The predicted octanol–water partition coefficient (Wildman–Crippen LogP) is 4.27. The van der Waals surface area contributed by atoms with Gasteiger partial charge in [-0.15, -0.1) is 0 Å². The third kappa shape index (κ3) is 2.99. The van der Waals surface area contributed by atoms with Crippen LogP contribution in [0.2, 0.25) is 0 Å². The van der Waals surface area contributed by atoms with Gasteiger partial charge in [0.05, 0.1) is 0 Å². The number of fused-ring (bicyclic) bond motifs is 2. The molecule has 26 heavy (non-hydrogen) atoms. The molecule has 4 rings (SSSR count). The van der Waals surface area contributed by atoms with E-state index in [2.05, 4.69) is 0 Å². The van der Waals surface area contributed by atoms with Gasteiger partial charge >= 0.3 is 0 Å². The average molecular weight is 347 g/mol. The zero-order valence-electron chi connectivity index (χ0n) is 14.8. The molecule has 1 amide bonds. The van der Waals surface area contributed by atoms with Crippen LogP contribution in [0.25, 0.3) is 10.8 Å². The zero-order valence-corrected chi connectivity index (χ0v) is 14.8. The van der Waals surface area contributed by atoms with Gasteiger partial charge in [0.1, 0.15) is 13.2 Å². The van der Waals surface area contributed by atoms with Crippen molar-refractivity contribution in [3.05, 3.63) is 71.8 Å². The maximum atomic E-state index is 13.2. The lowest BCUT2D eigenvalue weighted by Gasteiger charge is -2.25. The van der Waals surface area contributed by atoms with Crippen molar-refractivity contribution in [3.8, 4) is 11.5 Å². The topological polar surface area (TPSA) is 38.8 Å². The molecule has 1 heterocycles. The second-order valence-corrected chi connectivity index (χ2v) is 6.29. The lowest BCUT2D eigenvalue weighted by Crippen LogP contribution is -2.31. The number of para-hydroxylation sites is 1. The molecule has 0 radical (unpaired) electrons. The molecule has 0 saturated heterocycles. The van der Waals surface area contributed by atoms with Crippen LogP contribution in [0.15, 0.2) is 60.7 Å². The quantitative estimate of drug-likeness (QED) is 0.707. The van der Waals surface area contributed by atoms with Crippen molar-refractivity contribution in [2.24, 2.45) is 0 Å². The van der Waals surface area contributed by atoms with Crippen molar-refractivity contribution in [1.29, 1.82) is 0 Å². The fraction of sp³-hybridized carbons (Fsp3) is 0.227. The van der Waals surface area contributed by atoms with Crippen LogP contribution in [0.4, 0.5) is 0 Å². The number of amides is 1. The number of carbonyl (C=O) groups excluding carboxylic acids is 1. The molecule has 0 unspecified atom stereocenters. The van der Waals surface area contributed by atoms with E-state index >= 15 is 0 Å². The minimum absolute atomic E-state index is 0.0265. The second kappa shape index (κ2) is 7.08. The molecule has 3 aromatic carbocycles. The van der Waals surface area contributed by atoms with E-state index in [4.69, 9.17) is 9.47 Å². The molecular formula is C22H21NO3. The highest BCUT2D eigenvalue weighted by Crippen LogP contribution is 2.34. The summed E-state index contributed by atoms with van der Waals surface area (Å²) in [6.07, 6.45) is 0. The normalized spacial score (nSPS) is 12.8. The van der Waals surface area contributed by atoms with E-state index in [9.17, 15) is 4.79 Å². The van der Waals surface area contributed by atoms with E-state index in [0.717, 1.165) is 33.4 Å². The molecule has 0 spiro atoms. The minimum atomic E-state index is 0.0265. The molecule has 132 valence electrons. The van der Waals surface area contributed by atoms with Gasteiger partial charge in [0, 0.05) is 24.2 Å². The molecule has 0 N–H and O–H groups in total. The van der Waals surface area contributed by atoms with E-state index in [0.29, 0.717) is 26.3 Å². The summed E-state index contributed by atoms with van der Waals surface area (Å²) in [6, 6.07) is 19.7. The fourth-order valence-electron chi connectivity index (χ4n) is 3.37. The van der Waals surface area contributed by atoms with Crippen LogP contribution in [-0.2, 0) is 6.54 Å². The fourth-order valence-corrected chi connectivity index (χ4v) is 3.37. The molecule has 0 aromatic heterocycles. The van der Waals surface area contributed by atoms with Gasteiger partial charge in [0.15, 0.2) is 11.5 Å². The van der Waals surface area contributed by atoms with Gasteiger partial charge in [-0.05, 0) is 29.8 Å². The third-order valence-corrected chi connectivity index (χ3v) is 4.70. The summed E-state index contributed by atoms with van der Waals surface area (Å²) in [5, 5.41) is 2.05. The first-order chi connectivity index (χ1) is 12.8. The van der Waals surface area contributed by atoms with Gasteiger partial charge in [-0.3, -0.25) is 4.79 Å². The van der Waals surface area contributed by atoms with Gasteiger partial charge in [0.25, 0.3) is 5.91 Å². The van der Waals surface area contributed by atoms with Crippen LogP contribution < -0.4 is 9.47 Å². The second-order valence-electron chi connectivity index (χ2n) is 6.29. The first-order valence-corrected chi connectivity index (χ1v) is 8.92. The number of rotatable bonds is 4. The van der Waals surface area contributed by atoms with Crippen molar-refractivity contribution in [1.82, 2.24) is 4.90 Å². The number of hydrogen-bond acceptors (Lipinski definition) is 3. The lowest BCUT2D eigenvalue weighted by atomic mass is 10.0. The van der Waals surface area contributed by atoms with Gasteiger partial charge in [-0.25, -0.2) is 0 Å². The first-order valence-electron chi connectivity index (χ1n) is 8.92. The molecule has 4 heteroatoms. The molecule has 3 aromatic rings. The van der Waals surface area contributed by atoms with Gasteiger partial charge < -0.3 is 14.4 Å². The van der Waals surface area contributed by atoms with Crippen LogP contribution in [0.3, 0.4) is 0 Å². The number of ether oxygens (including phenoxy) is 2. The maximum Gasteiger partial charge on any atom is 0.254 e. The van der Waals surface area contributed by atoms with Crippen molar-refractivity contribution in [2.75, 3.05) is 19.8 Å². The van der Waals surface area contributed by atoms with E-state index in [1.165, 1.54) is 0 Å². The molecule has 1 aliphatic heterocycles. The largest absolute Gasteiger partial charge is 0.486 e. The summed E-state index contributed by atoms with van der Waals surface area (Å²) in [4.78, 5) is 15.1. The monoisotopic (exact) mass is 347 g/mol. The van der Waals surface area contributed by atoms with E-state index < -0.39 is 0 Å². The lowest BCUT2D eigenvalue weighted by molar-refractivity contribution is 0.0751. The average Bonchev–Trinajstić information content (AvgIpc) is 2.71. The summed E-state index contributed by atoms with van der Waals surface area (Å²) in [5.74, 6) is 1.53. The SMILES string of the molecule is CCN(Cc1cccc2c1OCCO2)C(=O)c1cccc2ccccc12. The van der Waals surface area contributed by atoms with Crippen molar-refractivity contribution in [2.45, 2.75) is 13.5 Å². The summed E-state index contributed by atoms with van der Waals surface area (Å²) >= 11 is 0. The Kier molecular flexibility index (Phi) is 4.48.